The molecule has 0 saturated heterocycles. The Labute approximate surface area is 128 Å². The fourth-order valence-corrected chi connectivity index (χ4v) is 1.86. The molecule has 0 saturated carbocycles. The Bertz CT molecular complexity index is 751. The largest absolute Gasteiger partial charge is 0.326 e. The summed E-state index contributed by atoms with van der Waals surface area (Å²) in [6.45, 7) is 1.45. The van der Waals surface area contributed by atoms with Crippen LogP contribution in [0.1, 0.15) is 28.4 Å². The van der Waals surface area contributed by atoms with Gasteiger partial charge in [-0.05, 0) is 48.0 Å². The zero-order valence-corrected chi connectivity index (χ0v) is 12.0. The highest BCUT2D eigenvalue weighted by molar-refractivity contribution is 6.06. The van der Waals surface area contributed by atoms with Crippen LogP contribution in [0.4, 0.5) is 5.69 Å². The Morgan fingerprint density at radius 1 is 1.05 bits per heavy atom. The molecule has 0 heterocycles. The Hall–Kier alpha value is -3.19. The van der Waals surface area contributed by atoms with Crippen LogP contribution >= 0.6 is 0 Å². The van der Waals surface area contributed by atoms with E-state index in [9.17, 15) is 9.59 Å². The fraction of sp³-hybridized carbons (Fsp3) is 0.0556. The summed E-state index contributed by atoms with van der Waals surface area (Å²) in [6.07, 6.45) is 3.19. The highest BCUT2D eigenvalue weighted by Gasteiger charge is 2.01. The topological polar surface area (TPSA) is 70.0 Å². The first-order chi connectivity index (χ1) is 10.6. The van der Waals surface area contributed by atoms with Gasteiger partial charge in [0.25, 0.3) is 0 Å². The highest BCUT2D eigenvalue weighted by Crippen LogP contribution is 2.12. The smallest absolute Gasteiger partial charge is 0.221 e. The number of hydrogen-bond donors (Lipinski definition) is 1. The minimum atomic E-state index is -0.129. The number of benzene rings is 2. The van der Waals surface area contributed by atoms with Gasteiger partial charge in [-0.3, -0.25) is 9.59 Å². The zero-order chi connectivity index (χ0) is 15.9. The van der Waals surface area contributed by atoms with Crippen molar-refractivity contribution >= 4 is 23.5 Å². The quantitative estimate of drug-likeness (QED) is 0.693. The zero-order valence-electron chi connectivity index (χ0n) is 12.0. The molecule has 0 unspecified atom stereocenters. The van der Waals surface area contributed by atoms with Crippen LogP contribution in [-0.2, 0) is 4.79 Å². The number of nitriles is 1. The fourth-order valence-electron chi connectivity index (χ4n) is 1.86. The first-order valence-electron chi connectivity index (χ1n) is 6.69. The Morgan fingerprint density at radius 2 is 1.68 bits per heavy atom. The molecule has 0 aliphatic heterocycles. The molecule has 0 aliphatic carbocycles. The first kappa shape index (κ1) is 15.2. The van der Waals surface area contributed by atoms with E-state index in [4.69, 9.17) is 5.26 Å². The summed E-state index contributed by atoms with van der Waals surface area (Å²) >= 11 is 0. The number of hydrogen-bond acceptors (Lipinski definition) is 3. The van der Waals surface area contributed by atoms with Gasteiger partial charge in [-0.15, -0.1) is 0 Å². The minimum absolute atomic E-state index is 0.126. The number of amides is 1. The van der Waals surface area contributed by atoms with Gasteiger partial charge in [-0.1, -0.05) is 18.2 Å². The van der Waals surface area contributed by atoms with Crippen LogP contribution in [0.3, 0.4) is 0 Å². The van der Waals surface area contributed by atoms with Gasteiger partial charge in [0, 0.05) is 18.2 Å². The molecule has 22 heavy (non-hydrogen) atoms. The molecule has 2 aromatic carbocycles. The van der Waals surface area contributed by atoms with E-state index in [1.54, 1.807) is 42.5 Å². The van der Waals surface area contributed by atoms with Gasteiger partial charge in [0.15, 0.2) is 5.78 Å². The number of ketones is 1. The summed E-state index contributed by atoms with van der Waals surface area (Å²) in [6, 6.07) is 15.7. The molecule has 0 radical (unpaired) electrons. The number of rotatable bonds is 4. The maximum atomic E-state index is 12.0. The monoisotopic (exact) mass is 290 g/mol. The Balaban J connectivity index is 2.05. The van der Waals surface area contributed by atoms with Crippen LogP contribution in [0.5, 0.6) is 0 Å². The number of nitrogens with zero attached hydrogens (tertiary/aromatic N) is 1. The second kappa shape index (κ2) is 7.00. The summed E-state index contributed by atoms with van der Waals surface area (Å²) in [4.78, 5) is 22.9. The summed E-state index contributed by atoms with van der Waals surface area (Å²) < 4.78 is 0. The predicted octanol–water partition coefficient (Wildman–Crippen LogP) is 3.41. The molecule has 0 atom stereocenters. The van der Waals surface area contributed by atoms with Crippen LogP contribution in [0, 0.1) is 11.3 Å². The lowest BCUT2D eigenvalue weighted by atomic mass is 10.1. The third-order valence-corrected chi connectivity index (χ3v) is 2.96. The average Bonchev–Trinajstić information content (AvgIpc) is 2.53. The average molecular weight is 290 g/mol. The predicted molar refractivity (Wildman–Crippen MR) is 85.3 cm³/mol. The van der Waals surface area contributed by atoms with Crippen LogP contribution in [0.25, 0.3) is 6.08 Å². The van der Waals surface area contributed by atoms with Gasteiger partial charge in [0.1, 0.15) is 0 Å². The number of carbonyl (C=O) groups excluding carboxylic acids is 2. The minimum Gasteiger partial charge on any atom is -0.326 e. The molecule has 0 fully saturated rings. The van der Waals surface area contributed by atoms with Gasteiger partial charge >= 0.3 is 0 Å². The third kappa shape index (κ3) is 4.15. The summed E-state index contributed by atoms with van der Waals surface area (Å²) in [7, 11) is 0. The molecular weight excluding hydrogens is 276 g/mol. The molecule has 1 amide bonds. The molecule has 4 nitrogen and oxygen atoms in total. The van der Waals surface area contributed by atoms with Crippen LogP contribution in [-0.4, -0.2) is 11.7 Å². The molecule has 0 aromatic heterocycles. The Morgan fingerprint density at radius 3 is 2.23 bits per heavy atom. The maximum absolute atomic E-state index is 12.0. The van der Waals surface area contributed by atoms with Crippen molar-refractivity contribution in [2.45, 2.75) is 6.92 Å². The lowest BCUT2D eigenvalue weighted by Crippen LogP contribution is -2.05. The molecule has 2 aromatic rings. The second-order valence-corrected chi connectivity index (χ2v) is 4.69. The van der Waals surface area contributed by atoms with Gasteiger partial charge in [-0.25, -0.2) is 0 Å². The van der Waals surface area contributed by atoms with Crippen molar-refractivity contribution in [3.63, 3.8) is 0 Å². The van der Waals surface area contributed by atoms with Gasteiger partial charge in [0.2, 0.25) is 5.91 Å². The van der Waals surface area contributed by atoms with E-state index >= 15 is 0 Å². The molecule has 108 valence electrons. The lowest BCUT2D eigenvalue weighted by Gasteiger charge is -2.01. The number of allylic oxidation sites excluding steroid dienone is 1. The third-order valence-electron chi connectivity index (χ3n) is 2.96. The van der Waals surface area contributed by atoms with Crippen molar-refractivity contribution in [1.29, 1.82) is 5.26 Å². The van der Waals surface area contributed by atoms with Gasteiger partial charge in [-0.2, -0.15) is 5.26 Å². The SMILES string of the molecule is CC(=O)Nc1ccc(C=CC(=O)c2ccc(C#N)cc2)cc1. The van der Waals surface area contributed by atoms with Crippen molar-refractivity contribution in [3.8, 4) is 6.07 Å². The summed E-state index contributed by atoms with van der Waals surface area (Å²) in [5, 5.41) is 11.4. The second-order valence-electron chi connectivity index (χ2n) is 4.69. The van der Waals surface area contributed by atoms with E-state index in [2.05, 4.69) is 5.32 Å². The molecule has 2 rings (SSSR count). The molecule has 1 N–H and O–H groups in total. The van der Waals surface area contributed by atoms with Crippen molar-refractivity contribution in [2.24, 2.45) is 0 Å². The summed E-state index contributed by atoms with van der Waals surface area (Å²) in [5.41, 5.74) is 2.62. The molecule has 0 spiro atoms. The standard InChI is InChI=1S/C18H14N2O2/c1-13(21)20-17-9-4-14(5-10-17)6-11-18(22)16-7-2-15(12-19)3-8-16/h2-11H,1H3,(H,20,21). The van der Waals surface area contributed by atoms with E-state index in [0.29, 0.717) is 16.8 Å². The normalized spacial score (nSPS) is 10.2. The van der Waals surface area contributed by atoms with Crippen LogP contribution in [0.2, 0.25) is 0 Å². The molecular formula is C18H14N2O2. The van der Waals surface area contributed by atoms with E-state index < -0.39 is 0 Å². The van der Waals surface area contributed by atoms with Crippen LogP contribution < -0.4 is 5.32 Å². The maximum Gasteiger partial charge on any atom is 0.221 e. The van der Waals surface area contributed by atoms with E-state index in [-0.39, 0.29) is 11.7 Å². The first-order valence-corrected chi connectivity index (χ1v) is 6.69. The number of nitrogens with one attached hydrogen (secondary N) is 1. The van der Waals surface area contributed by atoms with Crippen molar-refractivity contribution < 1.29 is 9.59 Å². The molecule has 4 heteroatoms. The Kier molecular flexibility index (Phi) is 4.84. The molecule has 0 bridgehead atoms. The number of carbonyl (C=O) groups is 2. The van der Waals surface area contributed by atoms with E-state index in [1.165, 1.54) is 13.0 Å². The van der Waals surface area contributed by atoms with E-state index in [1.807, 2.05) is 18.2 Å². The van der Waals surface area contributed by atoms with Crippen molar-refractivity contribution in [2.75, 3.05) is 5.32 Å². The van der Waals surface area contributed by atoms with Gasteiger partial charge < -0.3 is 5.32 Å². The van der Waals surface area contributed by atoms with Crippen LogP contribution in [0.15, 0.2) is 54.6 Å². The molecule has 0 aliphatic rings. The summed E-state index contributed by atoms with van der Waals surface area (Å²) in [5.74, 6) is -0.255. The van der Waals surface area contributed by atoms with Gasteiger partial charge in [0.05, 0.1) is 11.6 Å². The lowest BCUT2D eigenvalue weighted by molar-refractivity contribution is -0.114. The van der Waals surface area contributed by atoms with Crippen molar-refractivity contribution in [3.05, 3.63) is 71.3 Å². The van der Waals surface area contributed by atoms with E-state index in [0.717, 1.165) is 5.56 Å². The van der Waals surface area contributed by atoms with Crippen molar-refractivity contribution in [1.82, 2.24) is 0 Å². The highest BCUT2D eigenvalue weighted by atomic mass is 16.1. The number of anilines is 1.